The number of halogens is 1. The summed E-state index contributed by atoms with van der Waals surface area (Å²) in [7, 11) is -0.402. The quantitative estimate of drug-likeness (QED) is 0.814. The van der Waals surface area contributed by atoms with Crippen LogP contribution in [0.1, 0.15) is 24.3 Å². The van der Waals surface area contributed by atoms with Crippen LogP contribution in [0, 0.1) is 0 Å². The van der Waals surface area contributed by atoms with Gasteiger partial charge in [-0.15, -0.1) is 12.4 Å². The lowest BCUT2D eigenvalue weighted by Crippen LogP contribution is -2.55. The molecule has 2 N–H and O–H groups in total. The maximum atomic E-state index is 12.7. The van der Waals surface area contributed by atoms with Crippen LogP contribution in [0.4, 0.5) is 0 Å². The van der Waals surface area contributed by atoms with Crippen molar-refractivity contribution in [1.82, 2.24) is 19.5 Å². The number of hydrogen-bond donors (Lipinski definition) is 2. The summed E-state index contributed by atoms with van der Waals surface area (Å²) in [6.45, 7) is 4.77. The van der Waals surface area contributed by atoms with Crippen molar-refractivity contribution >= 4 is 28.3 Å². The first-order valence-electron chi connectivity index (χ1n) is 6.90. The van der Waals surface area contributed by atoms with E-state index in [0.29, 0.717) is 18.8 Å². The molecule has 1 aromatic rings. The lowest BCUT2D eigenvalue weighted by molar-refractivity contribution is 0.0955. The molecule has 0 bridgehead atoms. The van der Waals surface area contributed by atoms with Gasteiger partial charge in [0, 0.05) is 45.5 Å². The first-order valence-corrected chi connectivity index (χ1v) is 8.34. The van der Waals surface area contributed by atoms with E-state index >= 15 is 0 Å². The molecular weight excluding hydrogens is 328 g/mol. The van der Waals surface area contributed by atoms with Gasteiger partial charge in [-0.1, -0.05) is 0 Å². The fourth-order valence-electron chi connectivity index (χ4n) is 2.65. The Kier molecular flexibility index (Phi) is 6.03. The van der Waals surface area contributed by atoms with E-state index in [2.05, 4.69) is 10.6 Å². The second-order valence-electron chi connectivity index (χ2n) is 5.54. The molecule has 1 aliphatic rings. The Labute approximate surface area is 137 Å². The van der Waals surface area contributed by atoms with Crippen LogP contribution in [0.2, 0.25) is 0 Å². The van der Waals surface area contributed by atoms with Gasteiger partial charge in [0.15, 0.2) is 0 Å². The Morgan fingerprint density at radius 3 is 2.36 bits per heavy atom. The van der Waals surface area contributed by atoms with Crippen molar-refractivity contribution in [3.05, 3.63) is 18.0 Å². The van der Waals surface area contributed by atoms with E-state index in [-0.39, 0.29) is 35.3 Å². The molecule has 0 aliphatic carbocycles. The number of amides is 1. The summed E-state index contributed by atoms with van der Waals surface area (Å²) in [6.07, 6.45) is 1.48. The number of nitrogens with zero attached hydrogens (tertiary/aromatic N) is 2. The molecule has 1 aliphatic heterocycles. The summed E-state index contributed by atoms with van der Waals surface area (Å²) < 4.78 is 28.4. The first kappa shape index (κ1) is 19.0. The van der Waals surface area contributed by atoms with Crippen LogP contribution in [-0.2, 0) is 17.1 Å². The third kappa shape index (κ3) is 3.62. The minimum Gasteiger partial charge on any atom is -0.354 e. The van der Waals surface area contributed by atoms with Crippen LogP contribution in [-0.4, -0.2) is 55.4 Å². The Hall–Kier alpha value is -1.09. The number of carbonyl (C=O) groups excluding carboxylic acids is 1. The monoisotopic (exact) mass is 350 g/mol. The lowest BCUT2D eigenvalue weighted by atomic mass is 10.2. The zero-order valence-corrected chi connectivity index (χ0v) is 14.8. The molecule has 22 heavy (non-hydrogen) atoms. The van der Waals surface area contributed by atoms with Gasteiger partial charge in [0.25, 0.3) is 5.91 Å². The zero-order chi connectivity index (χ0) is 15.8. The van der Waals surface area contributed by atoms with Crippen LogP contribution in [0.15, 0.2) is 17.2 Å². The van der Waals surface area contributed by atoms with Crippen LogP contribution < -0.4 is 10.6 Å². The number of sulfonamides is 1. The van der Waals surface area contributed by atoms with E-state index in [1.54, 1.807) is 7.05 Å². The van der Waals surface area contributed by atoms with Gasteiger partial charge in [0.1, 0.15) is 10.6 Å². The van der Waals surface area contributed by atoms with E-state index in [1.807, 2.05) is 13.8 Å². The minimum absolute atomic E-state index is 0. The topological polar surface area (TPSA) is 83.4 Å². The van der Waals surface area contributed by atoms with Gasteiger partial charge in [0.05, 0.1) is 0 Å². The van der Waals surface area contributed by atoms with Gasteiger partial charge in [0.2, 0.25) is 10.0 Å². The molecule has 1 aromatic heterocycles. The number of hydrogen-bond acceptors (Lipinski definition) is 4. The minimum atomic E-state index is -3.58. The maximum absolute atomic E-state index is 12.7. The molecule has 2 unspecified atom stereocenters. The van der Waals surface area contributed by atoms with Crippen LogP contribution in [0.3, 0.4) is 0 Å². The molecule has 0 saturated carbocycles. The molecule has 2 atom stereocenters. The number of aromatic nitrogens is 1. The smallest absolute Gasteiger partial charge is 0.267 e. The molecule has 0 aromatic carbocycles. The SMILES string of the molecule is CNC(=O)c1cc(S(=O)(=O)N2CC(C)NC(C)C2)cn1C.Cl. The normalized spacial score (nSPS) is 22.9. The predicted molar refractivity (Wildman–Crippen MR) is 86.9 cm³/mol. The van der Waals surface area contributed by atoms with Crippen LogP contribution in [0.25, 0.3) is 0 Å². The number of rotatable bonds is 3. The van der Waals surface area contributed by atoms with Crippen LogP contribution in [0.5, 0.6) is 0 Å². The van der Waals surface area contributed by atoms with Crippen molar-refractivity contribution in [2.45, 2.75) is 30.8 Å². The number of carbonyl (C=O) groups is 1. The molecular formula is C13H23ClN4O3S. The summed E-state index contributed by atoms with van der Waals surface area (Å²) >= 11 is 0. The largest absolute Gasteiger partial charge is 0.354 e. The summed E-state index contributed by atoms with van der Waals surface area (Å²) in [5.74, 6) is -0.305. The molecule has 0 radical (unpaired) electrons. The Morgan fingerprint density at radius 1 is 1.32 bits per heavy atom. The highest BCUT2D eigenvalue weighted by Crippen LogP contribution is 2.21. The Bertz CT molecular complexity index is 634. The second-order valence-corrected chi connectivity index (χ2v) is 7.48. The summed E-state index contributed by atoms with van der Waals surface area (Å²) in [5.41, 5.74) is 0.326. The molecule has 9 heteroatoms. The number of aryl methyl sites for hydroxylation is 1. The molecule has 7 nitrogen and oxygen atoms in total. The van der Waals surface area contributed by atoms with E-state index in [0.717, 1.165) is 0 Å². The summed E-state index contributed by atoms with van der Waals surface area (Å²) in [4.78, 5) is 11.9. The van der Waals surface area contributed by atoms with E-state index < -0.39 is 10.0 Å². The van der Waals surface area contributed by atoms with Crippen molar-refractivity contribution in [3.63, 3.8) is 0 Å². The molecule has 1 amide bonds. The molecule has 126 valence electrons. The van der Waals surface area contributed by atoms with E-state index in [4.69, 9.17) is 0 Å². The molecule has 2 heterocycles. The van der Waals surface area contributed by atoms with Gasteiger partial charge < -0.3 is 15.2 Å². The van der Waals surface area contributed by atoms with Gasteiger partial charge in [-0.2, -0.15) is 4.31 Å². The highest BCUT2D eigenvalue weighted by molar-refractivity contribution is 7.89. The molecule has 0 spiro atoms. The molecule has 2 rings (SSSR count). The highest BCUT2D eigenvalue weighted by Gasteiger charge is 2.32. The number of piperazine rings is 1. The number of nitrogens with one attached hydrogen (secondary N) is 2. The van der Waals surface area contributed by atoms with Crippen molar-refractivity contribution in [2.24, 2.45) is 7.05 Å². The maximum Gasteiger partial charge on any atom is 0.267 e. The standard InChI is InChI=1S/C13H22N4O3S.ClH/c1-9-6-17(7-10(2)15-9)21(19,20)11-5-12(13(18)14-3)16(4)8-11;/h5,8-10,15H,6-7H2,1-4H3,(H,14,18);1H. The average molecular weight is 351 g/mol. The molecule has 1 fully saturated rings. The van der Waals surface area contributed by atoms with Crippen molar-refractivity contribution in [2.75, 3.05) is 20.1 Å². The summed E-state index contributed by atoms with van der Waals surface area (Å²) in [6, 6.07) is 1.63. The van der Waals surface area contributed by atoms with Crippen molar-refractivity contribution in [1.29, 1.82) is 0 Å². The fourth-order valence-corrected chi connectivity index (χ4v) is 4.34. The van der Waals surface area contributed by atoms with Crippen molar-refractivity contribution in [3.8, 4) is 0 Å². The van der Waals surface area contributed by atoms with Gasteiger partial charge in [-0.05, 0) is 19.9 Å². The lowest BCUT2D eigenvalue weighted by Gasteiger charge is -2.35. The predicted octanol–water partition coefficient (Wildman–Crippen LogP) is 0.177. The van der Waals surface area contributed by atoms with Crippen LogP contribution >= 0.6 is 12.4 Å². The van der Waals surface area contributed by atoms with Gasteiger partial charge in [-0.25, -0.2) is 8.42 Å². The van der Waals surface area contributed by atoms with Gasteiger partial charge >= 0.3 is 0 Å². The summed E-state index contributed by atoms with van der Waals surface area (Å²) in [5, 5.41) is 5.80. The first-order chi connectivity index (χ1) is 9.75. The Morgan fingerprint density at radius 2 is 1.86 bits per heavy atom. The van der Waals surface area contributed by atoms with Crippen molar-refractivity contribution < 1.29 is 13.2 Å². The second kappa shape index (κ2) is 6.99. The van der Waals surface area contributed by atoms with E-state index in [1.165, 1.54) is 28.2 Å². The average Bonchev–Trinajstić information content (AvgIpc) is 2.79. The van der Waals surface area contributed by atoms with E-state index in [9.17, 15) is 13.2 Å². The third-order valence-electron chi connectivity index (χ3n) is 3.60. The fraction of sp³-hybridized carbons (Fsp3) is 0.615. The highest BCUT2D eigenvalue weighted by atomic mass is 35.5. The zero-order valence-electron chi connectivity index (χ0n) is 13.2. The molecule has 1 saturated heterocycles. The third-order valence-corrected chi connectivity index (χ3v) is 5.40. The van der Waals surface area contributed by atoms with Gasteiger partial charge in [-0.3, -0.25) is 4.79 Å². The Balaban J connectivity index is 0.00000242.